The van der Waals surface area contributed by atoms with E-state index in [4.69, 9.17) is 9.47 Å². The lowest BCUT2D eigenvalue weighted by atomic mass is 10.0. The number of ether oxygens (including phenoxy) is 2. The number of rotatable bonds is 2. The molecule has 6 heteroatoms. The summed E-state index contributed by atoms with van der Waals surface area (Å²) in [4.78, 5) is 14.1. The van der Waals surface area contributed by atoms with Crippen LogP contribution in [0.25, 0.3) is 0 Å². The van der Waals surface area contributed by atoms with Crippen LogP contribution in [0.4, 0.5) is 9.18 Å². The van der Waals surface area contributed by atoms with Gasteiger partial charge >= 0.3 is 6.09 Å². The highest BCUT2D eigenvalue weighted by Crippen LogP contribution is 2.28. The van der Waals surface area contributed by atoms with Gasteiger partial charge in [0.2, 0.25) is 0 Å². The van der Waals surface area contributed by atoms with Crippen LogP contribution in [0.15, 0.2) is 18.2 Å². The average molecular weight is 310 g/mol. The second-order valence-electron chi connectivity index (χ2n) is 6.29. The van der Waals surface area contributed by atoms with Crippen molar-refractivity contribution in [2.45, 2.75) is 32.4 Å². The molecule has 1 saturated heterocycles. The van der Waals surface area contributed by atoms with Crippen molar-refractivity contribution in [2.75, 3.05) is 26.7 Å². The van der Waals surface area contributed by atoms with Crippen LogP contribution in [0.3, 0.4) is 0 Å². The number of amides is 1. The third-order valence-electron chi connectivity index (χ3n) is 3.43. The topological polar surface area (TPSA) is 50.8 Å². The molecular weight excluding hydrogens is 287 g/mol. The first-order valence-electron chi connectivity index (χ1n) is 7.35. The van der Waals surface area contributed by atoms with Crippen molar-refractivity contribution in [1.82, 2.24) is 10.2 Å². The van der Waals surface area contributed by atoms with Crippen LogP contribution in [0.2, 0.25) is 0 Å². The third kappa shape index (κ3) is 3.88. The van der Waals surface area contributed by atoms with Gasteiger partial charge in [0.25, 0.3) is 0 Å². The maximum absolute atomic E-state index is 13.6. The molecular formula is C16H23FN2O3. The van der Waals surface area contributed by atoms with Crippen LogP contribution in [-0.4, -0.2) is 43.3 Å². The zero-order valence-corrected chi connectivity index (χ0v) is 13.5. The Balaban J connectivity index is 2.24. The molecule has 1 aromatic rings. The van der Waals surface area contributed by atoms with E-state index in [-0.39, 0.29) is 17.9 Å². The van der Waals surface area contributed by atoms with Crippen molar-refractivity contribution in [2.24, 2.45) is 0 Å². The quantitative estimate of drug-likeness (QED) is 0.912. The van der Waals surface area contributed by atoms with Gasteiger partial charge in [-0.05, 0) is 38.5 Å². The van der Waals surface area contributed by atoms with Crippen LogP contribution in [0, 0.1) is 5.82 Å². The van der Waals surface area contributed by atoms with Gasteiger partial charge in [0.15, 0.2) is 11.6 Å². The maximum atomic E-state index is 13.6. The molecule has 5 nitrogen and oxygen atoms in total. The molecule has 2 rings (SSSR count). The Kier molecular flexibility index (Phi) is 4.90. The number of methoxy groups -OCH3 is 1. The Morgan fingerprint density at radius 1 is 1.41 bits per heavy atom. The van der Waals surface area contributed by atoms with E-state index >= 15 is 0 Å². The molecule has 1 unspecified atom stereocenters. The fraction of sp³-hybridized carbons (Fsp3) is 0.562. The Hall–Kier alpha value is -1.82. The Morgan fingerprint density at radius 2 is 2.14 bits per heavy atom. The lowest BCUT2D eigenvalue weighted by molar-refractivity contribution is 0.0117. The minimum Gasteiger partial charge on any atom is -0.494 e. The fourth-order valence-corrected chi connectivity index (χ4v) is 2.42. The molecule has 1 atom stereocenters. The number of nitrogens with zero attached hydrogens (tertiary/aromatic N) is 1. The van der Waals surface area contributed by atoms with Gasteiger partial charge in [-0.3, -0.25) is 4.90 Å². The van der Waals surface area contributed by atoms with Crippen LogP contribution < -0.4 is 10.1 Å². The third-order valence-corrected chi connectivity index (χ3v) is 3.43. The standard InChI is InChI=1S/C16H23FN2O3/c1-16(2,3)22-15(20)19-8-7-18-10-13(19)11-5-6-12(17)14(9-11)21-4/h5-6,9,13,18H,7-8,10H2,1-4H3. The molecule has 0 radical (unpaired) electrons. The van der Waals surface area contributed by atoms with Crippen molar-refractivity contribution < 1.29 is 18.7 Å². The molecule has 1 aliphatic heterocycles. The summed E-state index contributed by atoms with van der Waals surface area (Å²) in [6.07, 6.45) is -0.359. The Bertz CT molecular complexity index is 543. The van der Waals surface area contributed by atoms with Gasteiger partial charge in [-0.2, -0.15) is 0 Å². The SMILES string of the molecule is COc1cc(C2CNCCN2C(=O)OC(C)(C)C)ccc1F. The molecule has 1 N–H and O–H groups in total. The van der Waals surface area contributed by atoms with Gasteiger partial charge < -0.3 is 14.8 Å². The first-order valence-corrected chi connectivity index (χ1v) is 7.35. The smallest absolute Gasteiger partial charge is 0.410 e. The van der Waals surface area contributed by atoms with E-state index < -0.39 is 11.4 Å². The van der Waals surface area contributed by atoms with E-state index in [2.05, 4.69) is 5.32 Å². The van der Waals surface area contributed by atoms with Crippen LogP contribution in [0.5, 0.6) is 5.75 Å². The number of nitrogens with one attached hydrogen (secondary N) is 1. The first kappa shape index (κ1) is 16.5. The van der Waals surface area contributed by atoms with Crippen LogP contribution in [-0.2, 0) is 4.74 Å². The molecule has 1 heterocycles. The number of benzene rings is 1. The fourth-order valence-electron chi connectivity index (χ4n) is 2.42. The molecule has 22 heavy (non-hydrogen) atoms. The highest BCUT2D eigenvalue weighted by molar-refractivity contribution is 5.69. The first-order chi connectivity index (χ1) is 10.3. The molecule has 1 aromatic carbocycles. The monoisotopic (exact) mass is 310 g/mol. The second kappa shape index (κ2) is 6.52. The summed E-state index contributed by atoms with van der Waals surface area (Å²) in [5, 5.41) is 3.25. The Labute approximate surface area is 130 Å². The van der Waals surface area contributed by atoms with Gasteiger partial charge in [0, 0.05) is 19.6 Å². The number of carbonyl (C=O) groups is 1. The van der Waals surface area contributed by atoms with E-state index in [1.807, 2.05) is 20.8 Å². The summed E-state index contributed by atoms with van der Waals surface area (Å²) in [7, 11) is 1.42. The van der Waals surface area contributed by atoms with Crippen molar-refractivity contribution in [3.05, 3.63) is 29.6 Å². The second-order valence-corrected chi connectivity index (χ2v) is 6.29. The van der Waals surface area contributed by atoms with E-state index in [9.17, 15) is 9.18 Å². The summed E-state index contributed by atoms with van der Waals surface area (Å²) in [5.41, 5.74) is 0.267. The number of carbonyl (C=O) groups excluding carboxylic acids is 1. The van der Waals surface area contributed by atoms with Crippen molar-refractivity contribution in [3.8, 4) is 5.75 Å². The summed E-state index contributed by atoms with van der Waals surface area (Å²) >= 11 is 0. The van der Waals surface area contributed by atoms with Gasteiger partial charge in [0.1, 0.15) is 5.60 Å². The molecule has 0 saturated carbocycles. The number of piperazine rings is 1. The zero-order valence-electron chi connectivity index (χ0n) is 13.5. The normalized spacial score (nSPS) is 19.0. The molecule has 0 spiro atoms. The lowest BCUT2D eigenvalue weighted by Gasteiger charge is -2.37. The highest BCUT2D eigenvalue weighted by atomic mass is 19.1. The minimum atomic E-state index is -0.549. The summed E-state index contributed by atoms with van der Waals surface area (Å²) in [6.45, 7) is 7.34. The largest absolute Gasteiger partial charge is 0.494 e. The molecule has 0 aromatic heterocycles. The van der Waals surface area contributed by atoms with Gasteiger partial charge in [-0.15, -0.1) is 0 Å². The van der Waals surface area contributed by atoms with Gasteiger partial charge in [-0.1, -0.05) is 6.07 Å². The number of hydrogen-bond acceptors (Lipinski definition) is 4. The maximum Gasteiger partial charge on any atom is 0.410 e. The highest BCUT2D eigenvalue weighted by Gasteiger charge is 2.31. The van der Waals surface area contributed by atoms with E-state index in [1.165, 1.54) is 13.2 Å². The molecule has 1 fully saturated rings. The average Bonchev–Trinajstić information content (AvgIpc) is 2.46. The van der Waals surface area contributed by atoms with Crippen LogP contribution in [0.1, 0.15) is 32.4 Å². The number of halogens is 1. The van der Waals surface area contributed by atoms with Gasteiger partial charge in [-0.25, -0.2) is 9.18 Å². The predicted octanol–water partition coefficient (Wildman–Crippen LogP) is 2.72. The molecule has 1 aliphatic rings. The lowest BCUT2D eigenvalue weighted by Crippen LogP contribution is -2.50. The number of hydrogen-bond donors (Lipinski definition) is 1. The van der Waals surface area contributed by atoms with Crippen molar-refractivity contribution in [1.29, 1.82) is 0 Å². The molecule has 0 bridgehead atoms. The Morgan fingerprint density at radius 3 is 2.77 bits per heavy atom. The molecule has 1 amide bonds. The minimum absolute atomic E-state index is 0.173. The summed E-state index contributed by atoms with van der Waals surface area (Å²) in [6, 6.07) is 4.45. The van der Waals surface area contributed by atoms with Crippen LogP contribution >= 0.6 is 0 Å². The van der Waals surface area contributed by atoms with E-state index in [0.29, 0.717) is 19.6 Å². The summed E-state index contributed by atoms with van der Waals surface area (Å²) in [5.74, 6) is -0.244. The van der Waals surface area contributed by atoms with E-state index in [1.54, 1.807) is 17.0 Å². The molecule has 122 valence electrons. The van der Waals surface area contributed by atoms with E-state index in [0.717, 1.165) is 5.56 Å². The molecule has 0 aliphatic carbocycles. The van der Waals surface area contributed by atoms with Crippen molar-refractivity contribution in [3.63, 3.8) is 0 Å². The predicted molar refractivity (Wildman–Crippen MR) is 81.5 cm³/mol. The summed E-state index contributed by atoms with van der Waals surface area (Å²) < 4.78 is 24.1. The zero-order chi connectivity index (χ0) is 16.3. The van der Waals surface area contributed by atoms with Crippen molar-refractivity contribution >= 4 is 6.09 Å². The van der Waals surface area contributed by atoms with Gasteiger partial charge in [0.05, 0.1) is 13.2 Å².